The van der Waals surface area contributed by atoms with Crippen molar-refractivity contribution < 1.29 is 0 Å². The second-order valence-corrected chi connectivity index (χ2v) is 4.07. The summed E-state index contributed by atoms with van der Waals surface area (Å²) in [6, 6.07) is 1.32. The minimum Gasteiger partial charge on any atom is -0.328 e. The molecule has 2 aliphatic rings. The highest BCUT2D eigenvalue weighted by Crippen LogP contribution is 2.34. The van der Waals surface area contributed by atoms with Gasteiger partial charge in [0.15, 0.2) is 0 Å². The molecule has 64 valence electrons. The van der Waals surface area contributed by atoms with E-state index in [4.69, 9.17) is 5.73 Å². The molecule has 1 aliphatic heterocycles. The van der Waals surface area contributed by atoms with Gasteiger partial charge in [-0.05, 0) is 31.7 Å². The molecule has 11 heavy (non-hydrogen) atoms. The summed E-state index contributed by atoms with van der Waals surface area (Å²) in [6.45, 7) is 4.79. The van der Waals surface area contributed by atoms with Gasteiger partial charge in [-0.3, -0.25) is 0 Å². The van der Waals surface area contributed by atoms with Crippen LogP contribution in [0.5, 0.6) is 0 Å². The van der Waals surface area contributed by atoms with Crippen LogP contribution in [0.1, 0.15) is 26.2 Å². The zero-order chi connectivity index (χ0) is 7.84. The van der Waals surface area contributed by atoms with Crippen LogP contribution < -0.4 is 5.73 Å². The van der Waals surface area contributed by atoms with Crippen LogP contribution in [0.2, 0.25) is 0 Å². The first-order chi connectivity index (χ1) is 5.29. The Bertz CT molecular complexity index is 146. The molecule has 1 saturated heterocycles. The monoisotopic (exact) mass is 154 g/mol. The first-order valence-electron chi connectivity index (χ1n) is 4.79. The third-order valence-electron chi connectivity index (χ3n) is 3.23. The van der Waals surface area contributed by atoms with Gasteiger partial charge in [0, 0.05) is 18.6 Å². The van der Waals surface area contributed by atoms with Crippen molar-refractivity contribution in [2.24, 2.45) is 11.7 Å². The van der Waals surface area contributed by atoms with E-state index in [1.807, 2.05) is 0 Å². The lowest BCUT2D eigenvalue weighted by Gasteiger charge is -2.26. The van der Waals surface area contributed by atoms with E-state index in [0.29, 0.717) is 6.04 Å². The zero-order valence-corrected chi connectivity index (χ0v) is 7.29. The molecular weight excluding hydrogens is 136 g/mol. The van der Waals surface area contributed by atoms with E-state index in [0.717, 1.165) is 12.0 Å². The fraction of sp³-hybridized carbons (Fsp3) is 1.00. The van der Waals surface area contributed by atoms with E-state index in [1.54, 1.807) is 0 Å². The molecule has 2 rings (SSSR count). The molecule has 3 unspecified atom stereocenters. The summed E-state index contributed by atoms with van der Waals surface area (Å²) >= 11 is 0. The Morgan fingerprint density at radius 2 is 2.18 bits per heavy atom. The van der Waals surface area contributed by atoms with Crippen molar-refractivity contribution in [3.05, 3.63) is 0 Å². The van der Waals surface area contributed by atoms with E-state index < -0.39 is 0 Å². The molecule has 0 aromatic carbocycles. The van der Waals surface area contributed by atoms with Crippen molar-refractivity contribution in [2.75, 3.05) is 13.1 Å². The number of hydrogen-bond acceptors (Lipinski definition) is 2. The standard InChI is InChI=1S/C9H18N2/c1-2-11-6-7-3-8(10)5-9(11)4-7/h7-9H,2-6,10H2,1H3. The van der Waals surface area contributed by atoms with E-state index in [1.165, 1.54) is 32.4 Å². The van der Waals surface area contributed by atoms with Gasteiger partial charge in [0.2, 0.25) is 0 Å². The molecule has 2 heteroatoms. The minimum absolute atomic E-state index is 0.496. The van der Waals surface area contributed by atoms with Gasteiger partial charge in [0.1, 0.15) is 0 Å². The highest BCUT2D eigenvalue weighted by atomic mass is 15.2. The van der Waals surface area contributed by atoms with Crippen molar-refractivity contribution in [1.29, 1.82) is 0 Å². The molecule has 0 aromatic heterocycles. The maximum Gasteiger partial charge on any atom is 0.0113 e. The summed E-state index contributed by atoms with van der Waals surface area (Å²) in [6.07, 6.45) is 3.93. The normalized spacial score (nSPS) is 44.7. The Kier molecular flexibility index (Phi) is 1.90. The van der Waals surface area contributed by atoms with Gasteiger partial charge in [-0.25, -0.2) is 0 Å². The van der Waals surface area contributed by atoms with Gasteiger partial charge in [-0.2, -0.15) is 0 Å². The Morgan fingerprint density at radius 1 is 1.36 bits per heavy atom. The second-order valence-electron chi connectivity index (χ2n) is 4.07. The predicted octanol–water partition coefficient (Wildman–Crippen LogP) is 0.818. The molecule has 0 aromatic rings. The van der Waals surface area contributed by atoms with Crippen LogP contribution in [-0.4, -0.2) is 30.1 Å². The third-order valence-corrected chi connectivity index (χ3v) is 3.23. The zero-order valence-electron chi connectivity index (χ0n) is 7.29. The molecule has 1 aliphatic carbocycles. The first-order valence-corrected chi connectivity index (χ1v) is 4.79. The average molecular weight is 154 g/mol. The van der Waals surface area contributed by atoms with Gasteiger partial charge in [-0.1, -0.05) is 6.92 Å². The Morgan fingerprint density at radius 3 is 2.91 bits per heavy atom. The summed E-state index contributed by atoms with van der Waals surface area (Å²) in [4.78, 5) is 2.59. The average Bonchev–Trinajstić information content (AvgIpc) is 2.25. The molecular formula is C9H18N2. The molecule has 2 fully saturated rings. The number of likely N-dealkylation sites (tertiary alicyclic amines) is 1. The fourth-order valence-electron chi connectivity index (χ4n) is 2.77. The van der Waals surface area contributed by atoms with Crippen LogP contribution in [0.15, 0.2) is 0 Å². The van der Waals surface area contributed by atoms with Crippen molar-refractivity contribution in [1.82, 2.24) is 4.90 Å². The highest BCUT2D eigenvalue weighted by molar-refractivity contribution is 4.93. The molecule has 0 spiro atoms. The topological polar surface area (TPSA) is 29.3 Å². The molecule has 0 radical (unpaired) electrons. The highest BCUT2D eigenvalue weighted by Gasteiger charge is 2.36. The van der Waals surface area contributed by atoms with Crippen LogP contribution in [0.25, 0.3) is 0 Å². The van der Waals surface area contributed by atoms with Gasteiger partial charge in [-0.15, -0.1) is 0 Å². The lowest BCUT2D eigenvalue weighted by molar-refractivity contribution is 0.248. The van der Waals surface area contributed by atoms with E-state index in [9.17, 15) is 0 Å². The van der Waals surface area contributed by atoms with Gasteiger partial charge in [0.05, 0.1) is 0 Å². The first kappa shape index (κ1) is 7.56. The number of nitrogens with zero attached hydrogens (tertiary/aromatic N) is 1. The van der Waals surface area contributed by atoms with Crippen molar-refractivity contribution >= 4 is 0 Å². The molecule has 2 N–H and O–H groups in total. The Labute approximate surface area is 68.7 Å². The molecule has 0 amide bonds. The molecule has 2 nitrogen and oxygen atoms in total. The Balaban J connectivity index is 2.02. The fourth-order valence-corrected chi connectivity index (χ4v) is 2.77. The maximum atomic E-state index is 5.95. The van der Waals surface area contributed by atoms with Crippen molar-refractivity contribution in [2.45, 2.75) is 38.3 Å². The summed E-state index contributed by atoms with van der Waals surface area (Å²) in [7, 11) is 0. The summed E-state index contributed by atoms with van der Waals surface area (Å²) < 4.78 is 0. The van der Waals surface area contributed by atoms with Crippen molar-refractivity contribution in [3.63, 3.8) is 0 Å². The van der Waals surface area contributed by atoms with Gasteiger partial charge in [0.25, 0.3) is 0 Å². The second kappa shape index (κ2) is 2.76. The van der Waals surface area contributed by atoms with E-state index in [2.05, 4.69) is 11.8 Å². The smallest absolute Gasteiger partial charge is 0.0113 e. The quantitative estimate of drug-likeness (QED) is 0.606. The predicted molar refractivity (Wildman–Crippen MR) is 46.4 cm³/mol. The van der Waals surface area contributed by atoms with Crippen LogP contribution in [-0.2, 0) is 0 Å². The SMILES string of the molecule is CCN1CC2CC(N)CC1C2. The van der Waals surface area contributed by atoms with Crippen LogP contribution in [0, 0.1) is 5.92 Å². The van der Waals surface area contributed by atoms with Crippen LogP contribution in [0.3, 0.4) is 0 Å². The van der Waals surface area contributed by atoms with Gasteiger partial charge >= 0.3 is 0 Å². The van der Waals surface area contributed by atoms with Crippen LogP contribution >= 0.6 is 0 Å². The molecule has 2 bridgehead atoms. The third kappa shape index (κ3) is 1.30. The summed E-state index contributed by atoms with van der Waals surface area (Å²) in [5, 5.41) is 0. The number of hydrogen-bond donors (Lipinski definition) is 1. The Hall–Kier alpha value is -0.0800. The maximum absolute atomic E-state index is 5.95. The lowest BCUT2D eigenvalue weighted by Crippen LogP contribution is -2.35. The largest absolute Gasteiger partial charge is 0.328 e. The molecule has 3 atom stereocenters. The summed E-state index contributed by atoms with van der Waals surface area (Å²) in [5.41, 5.74) is 5.95. The molecule has 1 heterocycles. The lowest BCUT2D eigenvalue weighted by atomic mass is 9.87. The van der Waals surface area contributed by atoms with Crippen molar-refractivity contribution in [3.8, 4) is 0 Å². The minimum atomic E-state index is 0.496. The van der Waals surface area contributed by atoms with E-state index >= 15 is 0 Å². The molecule has 1 saturated carbocycles. The van der Waals surface area contributed by atoms with Crippen LogP contribution in [0.4, 0.5) is 0 Å². The summed E-state index contributed by atoms with van der Waals surface area (Å²) in [5.74, 6) is 0.920. The number of fused-ring (bicyclic) bond motifs is 2. The number of rotatable bonds is 1. The van der Waals surface area contributed by atoms with E-state index in [-0.39, 0.29) is 0 Å². The number of nitrogens with two attached hydrogens (primary N) is 1. The van der Waals surface area contributed by atoms with Gasteiger partial charge < -0.3 is 10.6 Å².